The molecule has 0 bridgehead atoms. The summed E-state index contributed by atoms with van der Waals surface area (Å²) in [5.41, 5.74) is 2.15. The largest absolute Gasteiger partial charge is 0.384 e. The molecule has 0 spiro atoms. The summed E-state index contributed by atoms with van der Waals surface area (Å²) in [7, 11) is 0. The molecule has 17 heavy (non-hydrogen) atoms. The summed E-state index contributed by atoms with van der Waals surface area (Å²) >= 11 is 0. The number of hydrogen-bond donors (Lipinski definition) is 2. The third-order valence-electron chi connectivity index (χ3n) is 2.98. The monoisotopic (exact) mass is 235 g/mol. The van der Waals surface area contributed by atoms with Crippen LogP contribution in [0.4, 0.5) is 11.4 Å². The Hall–Kier alpha value is -1.29. The van der Waals surface area contributed by atoms with Crippen molar-refractivity contribution >= 4 is 11.4 Å². The Kier molecular flexibility index (Phi) is 4.20. The van der Waals surface area contributed by atoms with Crippen LogP contribution in [0.15, 0.2) is 18.5 Å². The molecular formula is C13H21N3O. The molecule has 1 aliphatic rings. The van der Waals surface area contributed by atoms with Gasteiger partial charge in [-0.1, -0.05) is 0 Å². The number of nitrogens with one attached hydrogen (secondary N) is 2. The van der Waals surface area contributed by atoms with E-state index in [2.05, 4.69) is 35.5 Å². The molecule has 94 valence electrons. The second-order valence-corrected chi connectivity index (χ2v) is 4.54. The quantitative estimate of drug-likeness (QED) is 0.841. The van der Waals surface area contributed by atoms with Crippen molar-refractivity contribution in [2.45, 2.75) is 38.8 Å². The maximum Gasteiger partial charge on any atom is 0.0566 e. The molecule has 1 aromatic rings. The topological polar surface area (TPSA) is 46.2 Å². The highest BCUT2D eigenvalue weighted by Crippen LogP contribution is 2.20. The van der Waals surface area contributed by atoms with Gasteiger partial charge in [-0.2, -0.15) is 0 Å². The summed E-state index contributed by atoms with van der Waals surface area (Å²) in [5.74, 6) is 0. The van der Waals surface area contributed by atoms with Gasteiger partial charge in [0.2, 0.25) is 0 Å². The maximum atomic E-state index is 5.54. The van der Waals surface area contributed by atoms with Gasteiger partial charge in [0, 0.05) is 19.2 Å². The number of ether oxygens (including phenoxy) is 1. The van der Waals surface area contributed by atoms with Crippen LogP contribution in [0.3, 0.4) is 0 Å². The van der Waals surface area contributed by atoms with Crippen LogP contribution >= 0.6 is 0 Å². The van der Waals surface area contributed by atoms with Crippen molar-refractivity contribution in [3.63, 3.8) is 0 Å². The third kappa shape index (κ3) is 3.60. The normalized spacial score (nSPS) is 24.4. The summed E-state index contributed by atoms with van der Waals surface area (Å²) in [6.07, 6.45) is 6.20. The molecule has 2 N–H and O–H groups in total. The Morgan fingerprint density at radius 3 is 3.00 bits per heavy atom. The fourth-order valence-corrected chi connectivity index (χ4v) is 2.18. The van der Waals surface area contributed by atoms with Gasteiger partial charge in [0.05, 0.1) is 29.9 Å². The minimum absolute atomic E-state index is 0.353. The van der Waals surface area contributed by atoms with E-state index in [9.17, 15) is 0 Å². The number of aromatic nitrogens is 1. The summed E-state index contributed by atoms with van der Waals surface area (Å²) in [6, 6.07) is 2.61. The highest BCUT2D eigenvalue weighted by atomic mass is 16.5. The van der Waals surface area contributed by atoms with Crippen LogP contribution in [0.25, 0.3) is 0 Å². The molecule has 1 aliphatic heterocycles. The van der Waals surface area contributed by atoms with Gasteiger partial charge in [-0.3, -0.25) is 4.98 Å². The van der Waals surface area contributed by atoms with Crippen molar-refractivity contribution in [3.05, 3.63) is 18.5 Å². The lowest BCUT2D eigenvalue weighted by atomic mass is 10.0. The molecule has 1 aromatic heterocycles. The van der Waals surface area contributed by atoms with Crippen LogP contribution in [-0.2, 0) is 4.74 Å². The molecule has 0 aromatic carbocycles. The Labute approximate surface area is 103 Å². The number of hydrogen-bond acceptors (Lipinski definition) is 4. The van der Waals surface area contributed by atoms with E-state index in [1.165, 1.54) is 0 Å². The average Bonchev–Trinajstić information content (AvgIpc) is 2.30. The van der Waals surface area contributed by atoms with Gasteiger partial charge < -0.3 is 15.4 Å². The third-order valence-corrected chi connectivity index (χ3v) is 2.98. The van der Waals surface area contributed by atoms with E-state index in [1.807, 2.05) is 12.4 Å². The van der Waals surface area contributed by atoms with Crippen LogP contribution in [-0.4, -0.2) is 30.3 Å². The predicted molar refractivity (Wildman–Crippen MR) is 70.5 cm³/mol. The molecule has 2 atom stereocenters. The summed E-state index contributed by atoms with van der Waals surface area (Å²) in [6.45, 7) is 5.97. The van der Waals surface area contributed by atoms with Crippen molar-refractivity contribution in [3.8, 4) is 0 Å². The van der Waals surface area contributed by atoms with Crippen LogP contribution < -0.4 is 10.6 Å². The summed E-state index contributed by atoms with van der Waals surface area (Å²) in [4.78, 5) is 4.23. The van der Waals surface area contributed by atoms with Gasteiger partial charge in [-0.15, -0.1) is 0 Å². The zero-order chi connectivity index (χ0) is 12.1. The number of pyridine rings is 1. The molecule has 2 heterocycles. The van der Waals surface area contributed by atoms with Crippen molar-refractivity contribution in [2.75, 3.05) is 23.8 Å². The number of nitrogens with zero attached hydrogens (tertiary/aromatic N) is 1. The lowest BCUT2D eigenvalue weighted by Crippen LogP contribution is -2.32. The molecule has 1 saturated heterocycles. The second kappa shape index (κ2) is 5.87. The zero-order valence-corrected chi connectivity index (χ0v) is 10.6. The molecular weight excluding hydrogens is 214 g/mol. The lowest BCUT2D eigenvalue weighted by Gasteiger charge is -2.28. The highest BCUT2D eigenvalue weighted by Gasteiger charge is 2.18. The van der Waals surface area contributed by atoms with Gasteiger partial charge in [0.1, 0.15) is 0 Å². The first-order chi connectivity index (χ1) is 8.28. The molecule has 0 amide bonds. The minimum atomic E-state index is 0.353. The Bertz CT molecular complexity index is 356. The summed E-state index contributed by atoms with van der Waals surface area (Å²) < 4.78 is 5.54. The Morgan fingerprint density at radius 1 is 1.41 bits per heavy atom. The van der Waals surface area contributed by atoms with E-state index < -0.39 is 0 Å². The number of anilines is 2. The second-order valence-electron chi connectivity index (χ2n) is 4.54. The van der Waals surface area contributed by atoms with E-state index in [4.69, 9.17) is 4.74 Å². The Morgan fingerprint density at radius 2 is 2.24 bits per heavy atom. The van der Waals surface area contributed by atoms with Crippen LogP contribution in [0.2, 0.25) is 0 Å². The maximum absolute atomic E-state index is 5.54. The van der Waals surface area contributed by atoms with E-state index in [0.29, 0.717) is 12.1 Å². The summed E-state index contributed by atoms with van der Waals surface area (Å²) in [5, 5.41) is 6.79. The zero-order valence-electron chi connectivity index (χ0n) is 10.6. The standard InChI is InChI=1S/C13H21N3O/c1-3-15-12-7-13(9-14-8-12)16-11-4-5-17-10(2)6-11/h7-11,15-16H,3-6H2,1-2H3. The molecule has 4 heteroatoms. The fourth-order valence-electron chi connectivity index (χ4n) is 2.18. The predicted octanol–water partition coefficient (Wildman–Crippen LogP) is 2.49. The average molecular weight is 235 g/mol. The van der Waals surface area contributed by atoms with Crippen LogP contribution in [0, 0.1) is 0 Å². The highest BCUT2D eigenvalue weighted by molar-refractivity contribution is 5.54. The van der Waals surface area contributed by atoms with Gasteiger partial charge in [0.15, 0.2) is 0 Å². The van der Waals surface area contributed by atoms with Crippen molar-refractivity contribution in [2.24, 2.45) is 0 Å². The van der Waals surface area contributed by atoms with E-state index in [1.54, 1.807) is 0 Å². The smallest absolute Gasteiger partial charge is 0.0566 e. The van der Waals surface area contributed by atoms with Crippen molar-refractivity contribution in [1.29, 1.82) is 0 Å². The van der Waals surface area contributed by atoms with E-state index in [-0.39, 0.29) is 0 Å². The molecule has 2 rings (SSSR count). The minimum Gasteiger partial charge on any atom is -0.384 e. The Balaban J connectivity index is 1.95. The molecule has 1 fully saturated rings. The van der Waals surface area contributed by atoms with E-state index >= 15 is 0 Å². The van der Waals surface area contributed by atoms with Crippen molar-refractivity contribution < 1.29 is 4.74 Å². The lowest BCUT2D eigenvalue weighted by molar-refractivity contribution is 0.0232. The molecule has 4 nitrogen and oxygen atoms in total. The molecule has 0 radical (unpaired) electrons. The van der Waals surface area contributed by atoms with Crippen LogP contribution in [0.1, 0.15) is 26.7 Å². The van der Waals surface area contributed by atoms with Gasteiger partial charge >= 0.3 is 0 Å². The first-order valence-electron chi connectivity index (χ1n) is 6.35. The first kappa shape index (κ1) is 12.2. The fraction of sp³-hybridized carbons (Fsp3) is 0.615. The van der Waals surface area contributed by atoms with Gasteiger partial charge in [-0.05, 0) is 32.8 Å². The van der Waals surface area contributed by atoms with Gasteiger partial charge in [0.25, 0.3) is 0 Å². The van der Waals surface area contributed by atoms with Crippen LogP contribution in [0.5, 0.6) is 0 Å². The molecule has 0 saturated carbocycles. The SMILES string of the molecule is CCNc1cncc(NC2CCOC(C)C2)c1. The molecule has 2 unspecified atom stereocenters. The number of rotatable bonds is 4. The van der Waals surface area contributed by atoms with E-state index in [0.717, 1.165) is 37.4 Å². The molecule has 0 aliphatic carbocycles. The van der Waals surface area contributed by atoms with Crippen molar-refractivity contribution in [1.82, 2.24) is 4.98 Å². The first-order valence-corrected chi connectivity index (χ1v) is 6.35. The van der Waals surface area contributed by atoms with Gasteiger partial charge in [-0.25, -0.2) is 0 Å².